The molecule has 0 amide bonds. The first kappa shape index (κ1) is 9.97. The summed E-state index contributed by atoms with van der Waals surface area (Å²) >= 11 is 3.60. The van der Waals surface area contributed by atoms with E-state index in [1.165, 1.54) is 38.5 Å². The third-order valence-electron chi connectivity index (χ3n) is 3.31. The summed E-state index contributed by atoms with van der Waals surface area (Å²) in [5, 5.41) is 0. The van der Waals surface area contributed by atoms with Crippen molar-refractivity contribution in [3.05, 3.63) is 0 Å². The van der Waals surface area contributed by atoms with Gasteiger partial charge in [-0.2, -0.15) is 0 Å². The molecule has 2 aliphatic rings. The fourth-order valence-electron chi connectivity index (χ4n) is 2.39. The Kier molecular flexibility index (Phi) is 3.31. The van der Waals surface area contributed by atoms with Crippen LogP contribution in [0.15, 0.2) is 0 Å². The molecule has 0 aromatic carbocycles. The Hall–Kier alpha value is 0.440. The maximum atomic E-state index is 6.04. The molecule has 0 aromatic heterocycles. The Morgan fingerprint density at radius 1 is 1.08 bits per heavy atom. The summed E-state index contributed by atoms with van der Waals surface area (Å²) in [6.07, 6.45) is 8.97. The summed E-state index contributed by atoms with van der Waals surface area (Å²) in [4.78, 5) is 0.735. The summed E-state index contributed by atoms with van der Waals surface area (Å²) in [5.74, 6) is 0.888. The highest BCUT2D eigenvalue weighted by Crippen LogP contribution is 2.34. The Bertz CT molecular complexity index is 165. The van der Waals surface area contributed by atoms with Crippen molar-refractivity contribution in [3.8, 4) is 0 Å². The van der Waals surface area contributed by atoms with Crippen LogP contribution in [-0.4, -0.2) is 17.0 Å². The zero-order chi connectivity index (χ0) is 9.26. The van der Waals surface area contributed by atoms with Crippen LogP contribution in [-0.2, 0) is 4.74 Å². The zero-order valence-corrected chi connectivity index (χ0v) is 9.92. The molecular weight excluding hydrogens is 228 g/mol. The van der Waals surface area contributed by atoms with E-state index < -0.39 is 0 Å². The van der Waals surface area contributed by atoms with Crippen LogP contribution >= 0.6 is 15.9 Å². The Labute approximate surface area is 89.4 Å². The molecule has 0 bridgehead atoms. The van der Waals surface area contributed by atoms with E-state index in [9.17, 15) is 0 Å². The molecule has 0 N–H and O–H groups in total. The van der Waals surface area contributed by atoms with Crippen molar-refractivity contribution in [3.63, 3.8) is 0 Å². The van der Waals surface area contributed by atoms with Crippen molar-refractivity contribution in [2.45, 2.75) is 62.5 Å². The molecule has 2 unspecified atom stereocenters. The van der Waals surface area contributed by atoms with Gasteiger partial charge in [0, 0.05) is 4.83 Å². The lowest BCUT2D eigenvalue weighted by Crippen LogP contribution is -2.36. The molecule has 2 atom stereocenters. The summed E-state index contributed by atoms with van der Waals surface area (Å²) in [5.41, 5.74) is 0. The SMILES string of the molecule is CC1CCCC(OC2CC(Br)C2)C1. The van der Waals surface area contributed by atoms with Gasteiger partial charge in [-0.25, -0.2) is 0 Å². The lowest BCUT2D eigenvalue weighted by atomic mass is 9.88. The fourth-order valence-corrected chi connectivity index (χ4v) is 3.22. The minimum absolute atomic E-state index is 0.569. The summed E-state index contributed by atoms with van der Waals surface area (Å²) in [6, 6.07) is 0. The van der Waals surface area contributed by atoms with E-state index in [1.54, 1.807) is 0 Å². The maximum Gasteiger partial charge on any atom is 0.0600 e. The van der Waals surface area contributed by atoms with E-state index in [0.717, 1.165) is 10.7 Å². The van der Waals surface area contributed by atoms with E-state index in [-0.39, 0.29) is 0 Å². The average molecular weight is 247 g/mol. The van der Waals surface area contributed by atoms with Crippen LogP contribution in [0.1, 0.15) is 45.4 Å². The summed E-state index contributed by atoms with van der Waals surface area (Å²) in [6.45, 7) is 2.35. The van der Waals surface area contributed by atoms with Gasteiger partial charge < -0.3 is 4.74 Å². The van der Waals surface area contributed by atoms with Crippen molar-refractivity contribution < 1.29 is 4.74 Å². The molecule has 2 saturated carbocycles. The van der Waals surface area contributed by atoms with Crippen LogP contribution in [0.3, 0.4) is 0 Å². The molecule has 2 rings (SSSR count). The van der Waals surface area contributed by atoms with E-state index in [2.05, 4.69) is 22.9 Å². The van der Waals surface area contributed by atoms with Crippen molar-refractivity contribution in [2.24, 2.45) is 5.92 Å². The zero-order valence-electron chi connectivity index (χ0n) is 8.34. The third-order valence-corrected chi connectivity index (χ3v) is 4.06. The van der Waals surface area contributed by atoms with Gasteiger partial charge in [0.15, 0.2) is 0 Å². The van der Waals surface area contributed by atoms with Gasteiger partial charge in [0.25, 0.3) is 0 Å². The van der Waals surface area contributed by atoms with Crippen LogP contribution in [0.2, 0.25) is 0 Å². The van der Waals surface area contributed by atoms with Gasteiger partial charge in [-0.15, -0.1) is 0 Å². The standard InChI is InChI=1S/C11H19BrO/c1-8-3-2-4-10(5-8)13-11-6-9(12)7-11/h8-11H,2-7H2,1H3. The quantitative estimate of drug-likeness (QED) is 0.678. The first-order chi connectivity index (χ1) is 6.24. The summed E-state index contributed by atoms with van der Waals surface area (Å²) in [7, 11) is 0. The highest BCUT2D eigenvalue weighted by molar-refractivity contribution is 9.09. The second kappa shape index (κ2) is 4.31. The van der Waals surface area contributed by atoms with Crippen LogP contribution in [0, 0.1) is 5.92 Å². The van der Waals surface area contributed by atoms with Gasteiger partial charge in [0.05, 0.1) is 12.2 Å². The molecule has 1 nitrogen and oxygen atoms in total. The molecule has 2 fully saturated rings. The first-order valence-electron chi connectivity index (χ1n) is 5.53. The normalized spacial score (nSPS) is 45.7. The second-order valence-corrected chi connectivity index (χ2v) is 6.02. The van der Waals surface area contributed by atoms with Gasteiger partial charge in [-0.05, 0) is 31.6 Å². The summed E-state index contributed by atoms with van der Waals surface area (Å²) < 4.78 is 6.04. The molecule has 0 aromatic rings. The number of alkyl halides is 1. The second-order valence-electron chi connectivity index (χ2n) is 4.72. The van der Waals surface area contributed by atoms with Crippen LogP contribution in [0.4, 0.5) is 0 Å². The average Bonchev–Trinajstić information content (AvgIpc) is 2.01. The lowest BCUT2D eigenvalue weighted by molar-refractivity contribution is -0.0680. The lowest BCUT2D eigenvalue weighted by Gasteiger charge is -2.37. The number of rotatable bonds is 2. The molecule has 0 saturated heterocycles. The van der Waals surface area contributed by atoms with Crippen molar-refractivity contribution in [2.75, 3.05) is 0 Å². The van der Waals surface area contributed by atoms with Crippen LogP contribution in [0.5, 0.6) is 0 Å². The number of ether oxygens (including phenoxy) is 1. The number of halogens is 1. The predicted octanol–water partition coefficient (Wildman–Crippen LogP) is 3.51. The first-order valence-corrected chi connectivity index (χ1v) is 6.45. The molecule has 2 aliphatic carbocycles. The molecule has 0 radical (unpaired) electrons. The molecule has 2 heteroatoms. The van der Waals surface area contributed by atoms with Crippen molar-refractivity contribution >= 4 is 15.9 Å². The fraction of sp³-hybridized carbons (Fsp3) is 1.00. The van der Waals surface area contributed by atoms with E-state index in [1.807, 2.05) is 0 Å². The smallest absolute Gasteiger partial charge is 0.0600 e. The van der Waals surface area contributed by atoms with Gasteiger partial charge in [-0.3, -0.25) is 0 Å². The monoisotopic (exact) mass is 246 g/mol. The van der Waals surface area contributed by atoms with Crippen LogP contribution < -0.4 is 0 Å². The molecule has 76 valence electrons. The maximum absolute atomic E-state index is 6.04. The Morgan fingerprint density at radius 3 is 2.46 bits per heavy atom. The number of hydrogen-bond donors (Lipinski definition) is 0. The molecular formula is C11H19BrO. The van der Waals surface area contributed by atoms with E-state index in [4.69, 9.17) is 4.74 Å². The Morgan fingerprint density at radius 2 is 1.85 bits per heavy atom. The van der Waals surface area contributed by atoms with Crippen molar-refractivity contribution in [1.82, 2.24) is 0 Å². The third kappa shape index (κ3) is 2.69. The Balaban J connectivity index is 1.69. The minimum Gasteiger partial charge on any atom is -0.375 e. The number of hydrogen-bond acceptors (Lipinski definition) is 1. The molecule has 0 aliphatic heterocycles. The predicted molar refractivity (Wildman–Crippen MR) is 58.2 cm³/mol. The van der Waals surface area contributed by atoms with Gasteiger partial charge in [-0.1, -0.05) is 35.7 Å². The molecule has 0 heterocycles. The van der Waals surface area contributed by atoms with Gasteiger partial charge in [0.2, 0.25) is 0 Å². The van der Waals surface area contributed by atoms with Crippen molar-refractivity contribution in [1.29, 1.82) is 0 Å². The largest absolute Gasteiger partial charge is 0.375 e. The van der Waals surface area contributed by atoms with E-state index in [0.29, 0.717) is 12.2 Å². The molecule has 0 spiro atoms. The van der Waals surface area contributed by atoms with Gasteiger partial charge >= 0.3 is 0 Å². The topological polar surface area (TPSA) is 9.23 Å². The molecule has 13 heavy (non-hydrogen) atoms. The van der Waals surface area contributed by atoms with Crippen LogP contribution in [0.25, 0.3) is 0 Å². The van der Waals surface area contributed by atoms with Gasteiger partial charge in [0.1, 0.15) is 0 Å². The highest BCUT2D eigenvalue weighted by atomic mass is 79.9. The minimum atomic E-state index is 0.569. The van der Waals surface area contributed by atoms with E-state index >= 15 is 0 Å². The highest BCUT2D eigenvalue weighted by Gasteiger charge is 2.31.